The van der Waals surface area contributed by atoms with Crippen molar-refractivity contribution in [3.8, 4) is 23.8 Å². The van der Waals surface area contributed by atoms with Gasteiger partial charge in [0.25, 0.3) is 0 Å². The van der Waals surface area contributed by atoms with Crippen LogP contribution in [0.4, 0.5) is 10.2 Å². The van der Waals surface area contributed by atoms with Crippen molar-refractivity contribution in [3.05, 3.63) is 216 Å². The van der Waals surface area contributed by atoms with Gasteiger partial charge in [0.1, 0.15) is 47.2 Å². The maximum absolute atomic E-state index is 16.4. The Balaban J connectivity index is 1.16. The fourth-order valence-electron chi connectivity index (χ4n) is 9.59. The van der Waals surface area contributed by atoms with Gasteiger partial charge in [-0.3, -0.25) is 14.2 Å². The predicted octanol–water partition coefficient (Wildman–Crippen LogP) is 10.7. The number of rotatable bonds is 18. The minimum Gasteiger partial charge on any atom is -0.497 e. The number of hydrogen-bond acceptors (Lipinski definition) is 12. The molecule has 0 saturated carbocycles. The maximum atomic E-state index is 16.4. The van der Waals surface area contributed by atoms with Crippen LogP contribution in [0.25, 0.3) is 11.2 Å². The first-order valence-corrected chi connectivity index (χ1v) is 24.2. The number of anilines is 1. The van der Waals surface area contributed by atoms with Gasteiger partial charge in [-0.25, -0.2) is 4.98 Å². The number of imidazole rings is 1. The molecule has 1 N–H and O–H groups in total. The largest absolute Gasteiger partial charge is 0.497 e. The smallest absolute Gasteiger partial charge is 0.312 e. The molecule has 14 heteroatoms. The van der Waals surface area contributed by atoms with E-state index in [9.17, 15) is 9.59 Å². The van der Waals surface area contributed by atoms with E-state index in [0.29, 0.717) is 11.5 Å². The zero-order valence-electron chi connectivity index (χ0n) is 41.7. The van der Waals surface area contributed by atoms with Crippen LogP contribution in [0.15, 0.2) is 176 Å². The molecule has 376 valence electrons. The van der Waals surface area contributed by atoms with E-state index in [1.807, 2.05) is 170 Å². The summed E-state index contributed by atoms with van der Waals surface area (Å²) < 4.78 is 55.0. The average molecular weight is 994 g/mol. The Labute approximate surface area is 429 Å². The van der Waals surface area contributed by atoms with Gasteiger partial charge in [-0.1, -0.05) is 152 Å². The lowest BCUT2D eigenvalue weighted by molar-refractivity contribution is -0.167. The molecule has 2 aromatic heterocycles. The second-order valence-corrected chi connectivity index (χ2v) is 18.8. The molecule has 0 unspecified atom stereocenters. The third-order valence-corrected chi connectivity index (χ3v) is 13.1. The zero-order valence-corrected chi connectivity index (χ0v) is 41.7. The van der Waals surface area contributed by atoms with E-state index in [2.05, 4.69) is 21.2 Å². The fraction of sp³-hybridized carbons (Fsp3) is 0.250. The fourth-order valence-corrected chi connectivity index (χ4v) is 9.59. The number of nitrogens with one attached hydrogen (secondary N) is 1. The summed E-state index contributed by atoms with van der Waals surface area (Å²) in [4.78, 5) is 39.8. The Bertz CT molecular complexity index is 3160. The minimum absolute atomic E-state index is 0.0287. The summed E-state index contributed by atoms with van der Waals surface area (Å²) in [6.07, 6.45) is 4.48. The van der Waals surface area contributed by atoms with Gasteiger partial charge in [0.05, 0.1) is 33.4 Å². The van der Waals surface area contributed by atoms with Crippen molar-refractivity contribution in [2.45, 2.75) is 74.7 Å². The molecule has 1 fully saturated rings. The second-order valence-electron chi connectivity index (χ2n) is 18.8. The van der Waals surface area contributed by atoms with E-state index < -0.39 is 59.3 Å². The summed E-state index contributed by atoms with van der Waals surface area (Å²) in [7, 11) is 3.20. The van der Waals surface area contributed by atoms with Gasteiger partial charge in [0.2, 0.25) is 0 Å². The molecule has 1 aliphatic rings. The Morgan fingerprint density at radius 1 is 0.703 bits per heavy atom. The van der Waals surface area contributed by atoms with Crippen molar-refractivity contribution in [1.29, 1.82) is 0 Å². The number of ether oxygens (including phenoxy) is 6. The number of esters is 2. The van der Waals surface area contributed by atoms with Gasteiger partial charge in [-0.05, 0) is 78.4 Å². The maximum Gasteiger partial charge on any atom is 0.312 e. The quantitative estimate of drug-likeness (QED) is 0.0378. The summed E-state index contributed by atoms with van der Waals surface area (Å²) in [5.41, 5.74) is -0.0130. The molecule has 0 amide bonds. The summed E-state index contributed by atoms with van der Waals surface area (Å²) in [5.74, 6) is 2.95. The third-order valence-electron chi connectivity index (χ3n) is 13.1. The van der Waals surface area contributed by atoms with Crippen LogP contribution in [-0.2, 0) is 39.7 Å². The second kappa shape index (κ2) is 21.4. The first kappa shape index (κ1) is 50.6. The summed E-state index contributed by atoms with van der Waals surface area (Å²) in [5, 5.41) is 3.66. The van der Waals surface area contributed by atoms with Gasteiger partial charge < -0.3 is 33.7 Å². The van der Waals surface area contributed by atoms with E-state index >= 15 is 4.39 Å². The van der Waals surface area contributed by atoms with Crippen molar-refractivity contribution in [3.63, 3.8) is 0 Å². The van der Waals surface area contributed by atoms with Gasteiger partial charge in [0, 0.05) is 6.42 Å². The molecule has 0 spiro atoms. The number of halogens is 1. The van der Waals surface area contributed by atoms with E-state index in [-0.39, 0.29) is 36.2 Å². The van der Waals surface area contributed by atoms with Crippen molar-refractivity contribution in [2.75, 3.05) is 26.1 Å². The number of hydrogen-bond donors (Lipinski definition) is 1. The SMILES string of the molecule is C#C[C@]1(COC(=O)CCC(=O)OC(C)(C)C)O[C@@H](n2cnc3c(NC(c4ccccc4)(c4ccccc4)c4ccc(OC)cc4)nc(F)nc32)C[C@@H]1OC(c1ccccc1)(c1ccccc1)c1ccc(OC)cc1. The van der Waals surface area contributed by atoms with Crippen LogP contribution in [0.2, 0.25) is 0 Å². The van der Waals surface area contributed by atoms with Crippen LogP contribution in [0.3, 0.4) is 0 Å². The molecular formula is C60H56FN5O8. The van der Waals surface area contributed by atoms with E-state index in [0.717, 1.165) is 33.4 Å². The molecule has 74 heavy (non-hydrogen) atoms. The molecule has 13 nitrogen and oxygen atoms in total. The Kier molecular flexibility index (Phi) is 14.6. The van der Waals surface area contributed by atoms with Gasteiger partial charge >= 0.3 is 18.0 Å². The van der Waals surface area contributed by atoms with Gasteiger partial charge in [-0.2, -0.15) is 14.4 Å². The molecule has 3 heterocycles. The van der Waals surface area contributed by atoms with Crippen molar-refractivity contribution in [1.82, 2.24) is 19.5 Å². The normalized spacial score (nSPS) is 16.8. The topological polar surface area (TPSA) is 145 Å². The van der Waals surface area contributed by atoms with Crippen LogP contribution in [-0.4, -0.2) is 69.6 Å². The highest BCUT2D eigenvalue weighted by Gasteiger charge is 2.55. The average Bonchev–Trinajstić information content (AvgIpc) is 4.02. The van der Waals surface area contributed by atoms with Crippen LogP contribution in [0.5, 0.6) is 11.5 Å². The molecular weight excluding hydrogens is 938 g/mol. The van der Waals surface area contributed by atoms with Crippen LogP contribution in [0.1, 0.15) is 79.6 Å². The molecule has 6 aromatic carbocycles. The lowest BCUT2D eigenvalue weighted by atomic mass is 9.77. The zero-order chi connectivity index (χ0) is 51.9. The van der Waals surface area contributed by atoms with Gasteiger partial charge in [0.15, 0.2) is 22.6 Å². The van der Waals surface area contributed by atoms with Crippen molar-refractivity contribution < 1.29 is 42.4 Å². The number of fused-ring (bicyclic) bond motifs is 1. The van der Waals surface area contributed by atoms with Crippen molar-refractivity contribution in [2.24, 2.45) is 0 Å². The highest BCUT2D eigenvalue weighted by atomic mass is 19.1. The molecule has 8 aromatic rings. The van der Waals surface area contributed by atoms with E-state index in [4.69, 9.17) is 39.8 Å². The molecule has 0 radical (unpaired) electrons. The van der Waals surface area contributed by atoms with Crippen LogP contribution in [0, 0.1) is 18.4 Å². The highest BCUT2D eigenvalue weighted by Crippen LogP contribution is 2.49. The monoisotopic (exact) mass is 993 g/mol. The molecule has 9 rings (SSSR count). The minimum atomic E-state index is -1.79. The van der Waals surface area contributed by atoms with Crippen LogP contribution < -0.4 is 14.8 Å². The van der Waals surface area contributed by atoms with E-state index in [1.54, 1.807) is 39.6 Å². The number of carbonyl (C=O) groups excluding carboxylic acids is 2. The molecule has 1 aliphatic heterocycles. The Morgan fingerprint density at radius 2 is 1.18 bits per heavy atom. The van der Waals surface area contributed by atoms with Crippen molar-refractivity contribution >= 4 is 28.9 Å². The number of terminal acetylenes is 1. The number of aromatic nitrogens is 4. The number of nitrogens with zero attached hydrogens (tertiary/aromatic N) is 4. The molecule has 3 atom stereocenters. The number of benzene rings is 6. The Hall–Kier alpha value is -8.38. The molecule has 1 saturated heterocycles. The Morgan fingerprint density at radius 3 is 1.68 bits per heavy atom. The highest BCUT2D eigenvalue weighted by molar-refractivity contribution is 5.84. The summed E-state index contributed by atoms with van der Waals surface area (Å²) >= 11 is 0. The standard InChI is InChI=1S/C60H56FN5O8/c1-7-58(39-71-51(67)36-37-52(68)74-57(2,3)4)49(72-60(44-24-16-10-17-25-44,45-26-18-11-19-27-45)46-30-34-48(70-6)35-31-46)38-50(73-58)66-40-62-53-54(63-56(61)64-55(53)66)65-59(41-20-12-8-13-21-41,42-22-14-9-15-23-42)43-28-32-47(69-5)33-29-43/h1,8-35,40,49-50H,36-39H2,2-6H3,(H,63,64,65)/t49-,50+,58+/m0/s1. The first-order valence-electron chi connectivity index (χ1n) is 24.2. The number of methoxy groups -OCH3 is 2. The lowest BCUT2D eigenvalue weighted by Crippen LogP contribution is -2.49. The summed E-state index contributed by atoms with van der Waals surface area (Å²) in [6, 6.07) is 54.1. The number of carbonyl (C=O) groups is 2. The van der Waals surface area contributed by atoms with Crippen LogP contribution >= 0.6 is 0 Å². The summed E-state index contributed by atoms with van der Waals surface area (Å²) in [6.45, 7) is 4.76. The molecule has 0 bridgehead atoms. The first-order chi connectivity index (χ1) is 35.8. The molecule has 0 aliphatic carbocycles. The van der Waals surface area contributed by atoms with Gasteiger partial charge in [-0.15, -0.1) is 6.42 Å². The third kappa shape index (κ3) is 10.2. The predicted molar refractivity (Wildman–Crippen MR) is 278 cm³/mol. The van der Waals surface area contributed by atoms with E-state index in [1.165, 1.54) is 6.33 Å². The lowest BCUT2D eigenvalue weighted by Gasteiger charge is -2.41.